The third kappa shape index (κ3) is 5.80. The van der Waals surface area contributed by atoms with Gasteiger partial charge in [0.2, 0.25) is 0 Å². The van der Waals surface area contributed by atoms with E-state index in [0.29, 0.717) is 12.4 Å². The number of hydrogen-bond acceptors (Lipinski definition) is 6. The van der Waals surface area contributed by atoms with Crippen molar-refractivity contribution in [1.82, 2.24) is 5.32 Å². The number of rotatable bonds is 8. The number of halogens is 1. The minimum absolute atomic E-state index is 0.0771. The van der Waals surface area contributed by atoms with E-state index in [2.05, 4.69) is 0 Å². The maximum Gasteiger partial charge on any atom is 0.339 e. The number of primary amides is 1. The summed E-state index contributed by atoms with van der Waals surface area (Å²) in [5, 5.41) is 2.07. The lowest BCUT2D eigenvalue weighted by Crippen LogP contribution is -2.45. The molecule has 0 aliphatic rings. The second-order valence-corrected chi connectivity index (χ2v) is 6.17. The molecule has 0 heterocycles. The summed E-state index contributed by atoms with van der Waals surface area (Å²) in [6, 6.07) is 1.74. The highest BCUT2D eigenvalue weighted by Crippen LogP contribution is 2.36. The van der Waals surface area contributed by atoms with Gasteiger partial charge in [0, 0.05) is 0 Å². The van der Waals surface area contributed by atoms with Crippen LogP contribution in [0.25, 0.3) is 0 Å². The van der Waals surface area contributed by atoms with Gasteiger partial charge in [-0.1, -0.05) is 32.4 Å². The fraction of sp³-hybridized carbons (Fsp3) is 0.471. The Balaban J connectivity index is 3.06. The predicted molar refractivity (Wildman–Crippen MR) is 95.6 cm³/mol. The lowest BCUT2D eigenvalue weighted by atomic mass is 10.1. The zero-order valence-electron chi connectivity index (χ0n) is 15.1. The van der Waals surface area contributed by atoms with Crippen molar-refractivity contribution in [2.24, 2.45) is 11.7 Å². The van der Waals surface area contributed by atoms with Crippen molar-refractivity contribution in [3.8, 4) is 11.5 Å². The maximum absolute atomic E-state index is 12.4. The second-order valence-electron chi connectivity index (χ2n) is 5.76. The first-order chi connectivity index (χ1) is 12.2. The molecule has 8 nitrogen and oxygen atoms in total. The van der Waals surface area contributed by atoms with Crippen molar-refractivity contribution in [3.63, 3.8) is 0 Å². The molecular weight excluding hydrogens is 364 g/mol. The molecule has 1 atom stereocenters. The third-order valence-corrected chi connectivity index (χ3v) is 3.54. The molecule has 0 saturated carbocycles. The summed E-state index contributed by atoms with van der Waals surface area (Å²) in [5.74, 6) is -1.41. The second kappa shape index (κ2) is 9.86. The highest BCUT2D eigenvalue weighted by Gasteiger charge is 2.28. The summed E-state index contributed by atoms with van der Waals surface area (Å²) in [4.78, 5) is 35.2. The van der Waals surface area contributed by atoms with Crippen LogP contribution in [0.4, 0.5) is 4.79 Å². The van der Waals surface area contributed by atoms with Gasteiger partial charge in [-0.2, -0.15) is 0 Å². The first-order valence-electron chi connectivity index (χ1n) is 8.02. The van der Waals surface area contributed by atoms with Crippen molar-refractivity contribution in [2.75, 3.05) is 13.7 Å². The summed E-state index contributed by atoms with van der Waals surface area (Å²) >= 11 is 6.17. The Morgan fingerprint density at radius 3 is 2.42 bits per heavy atom. The summed E-state index contributed by atoms with van der Waals surface area (Å²) in [6.45, 7) is 5.69. The number of hydrogen-bond donors (Lipinski definition) is 2. The van der Waals surface area contributed by atoms with Gasteiger partial charge in [-0.25, -0.2) is 9.59 Å². The molecule has 0 saturated heterocycles. The smallest absolute Gasteiger partial charge is 0.339 e. The molecule has 9 heteroatoms. The maximum atomic E-state index is 12.4. The zero-order valence-corrected chi connectivity index (χ0v) is 15.9. The number of esters is 1. The van der Waals surface area contributed by atoms with Gasteiger partial charge in [0.05, 0.1) is 24.3 Å². The van der Waals surface area contributed by atoms with Gasteiger partial charge >= 0.3 is 12.0 Å². The Bertz CT molecular complexity index is 677. The molecule has 1 rings (SSSR count). The summed E-state index contributed by atoms with van der Waals surface area (Å²) in [7, 11) is 1.41. The van der Waals surface area contributed by atoms with Crippen LogP contribution in [-0.2, 0) is 9.53 Å². The molecule has 0 aromatic heterocycles. The molecule has 1 aromatic carbocycles. The largest absolute Gasteiger partial charge is 0.493 e. The predicted octanol–water partition coefficient (Wildman–Crippen LogP) is 2.51. The average Bonchev–Trinajstić information content (AvgIpc) is 2.56. The lowest BCUT2D eigenvalue weighted by Gasteiger charge is -2.20. The van der Waals surface area contributed by atoms with Crippen LogP contribution >= 0.6 is 11.6 Å². The van der Waals surface area contributed by atoms with E-state index in [1.54, 1.807) is 13.8 Å². The van der Waals surface area contributed by atoms with Crippen LogP contribution in [0, 0.1) is 5.92 Å². The summed E-state index contributed by atoms with van der Waals surface area (Å²) in [6.07, 6.45) is -0.426. The van der Waals surface area contributed by atoms with Crippen LogP contribution in [-0.4, -0.2) is 37.7 Å². The fourth-order valence-corrected chi connectivity index (χ4v) is 2.32. The van der Waals surface area contributed by atoms with Gasteiger partial charge in [-0.05, 0) is 24.5 Å². The Hall–Kier alpha value is -2.48. The number of ether oxygens (including phenoxy) is 3. The molecule has 0 spiro atoms. The van der Waals surface area contributed by atoms with Gasteiger partial charge in [0.1, 0.15) is 0 Å². The molecule has 3 amide bonds. The van der Waals surface area contributed by atoms with Crippen LogP contribution in [0.15, 0.2) is 12.1 Å². The van der Waals surface area contributed by atoms with E-state index in [0.717, 1.165) is 6.42 Å². The Kier molecular flexibility index (Phi) is 8.18. The van der Waals surface area contributed by atoms with Crippen LogP contribution < -0.4 is 20.5 Å². The number of imide groups is 1. The molecule has 0 aliphatic heterocycles. The van der Waals surface area contributed by atoms with Gasteiger partial charge in [0.15, 0.2) is 17.6 Å². The molecule has 0 radical (unpaired) electrons. The SMILES string of the molecule is CCCOc1c(Cl)cc(C(=O)O[C@H](C(=O)NC(N)=O)C(C)C)cc1OC. The molecular formula is C17H23ClN2O6. The Morgan fingerprint density at radius 1 is 1.27 bits per heavy atom. The standard InChI is InChI=1S/C17H23ClN2O6/c1-5-6-25-14-11(18)7-10(8-12(14)24-4)16(22)26-13(9(2)3)15(21)20-17(19)23/h7-9,13H,5-6H2,1-4H3,(H3,19,20,21,23)/t13-/m0/s1. The van der Waals surface area contributed by atoms with Crippen molar-refractivity contribution in [1.29, 1.82) is 0 Å². The minimum Gasteiger partial charge on any atom is -0.493 e. The molecule has 0 bridgehead atoms. The van der Waals surface area contributed by atoms with Gasteiger partial charge < -0.3 is 19.9 Å². The van der Waals surface area contributed by atoms with E-state index in [-0.39, 0.29) is 22.3 Å². The lowest BCUT2D eigenvalue weighted by molar-refractivity contribution is -0.130. The monoisotopic (exact) mass is 386 g/mol. The average molecular weight is 387 g/mol. The highest BCUT2D eigenvalue weighted by molar-refractivity contribution is 6.32. The molecule has 3 N–H and O–H groups in total. The molecule has 0 aliphatic carbocycles. The van der Waals surface area contributed by atoms with E-state index in [9.17, 15) is 14.4 Å². The van der Waals surface area contributed by atoms with Crippen LogP contribution in [0.1, 0.15) is 37.6 Å². The number of methoxy groups -OCH3 is 1. The molecule has 1 aromatic rings. The van der Waals surface area contributed by atoms with Gasteiger partial charge in [-0.15, -0.1) is 0 Å². The van der Waals surface area contributed by atoms with Gasteiger partial charge in [-0.3, -0.25) is 10.1 Å². The van der Waals surface area contributed by atoms with Crippen molar-refractivity contribution >= 4 is 29.5 Å². The third-order valence-electron chi connectivity index (χ3n) is 3.26. The van der Waals surface area contributed by atoms with E-state index in [1.807, 2.05) is 12.2 Å². The number of benzene rings is 1. The minimum atomic E-state index is -1.20. The number of carbonyl (C=O) groups excluding carboxylic acids is 3. The quantitative estimate of drug-likeness (QED) is 0.663. The topological polar surface area (TPSA) is 117 Å². The number of nitrogens with two attached hydrogens (primary N) is 1. The Morgan fingerprint density at radius 2 is 1.92 bits per heavy atom. The normalized spacial score (nSPS) is 11.6. The first kappa shape index (κ1) is 21.6. The first-order valence-corrected chi connectivity index (χ1v) is 8.40. The van der Waals surface area contributed by atoms with E-state index < -0.39 is 24.0 Å². The fourth-order valence-electron chi connectivity index (χ4n) is 2.05. The zero-order chi connectivity index (χ0) is 19.9. The van der Waals surface area contributed by atoms with Crippen LogP contribution in [0.3, 0.4) is 0 Å². The van der Waals surface area contributed by atoms with Crippen molar-refractivity contribution in [3.05, 3.63) is 22.7 Å². The van der Waals surface area contributed by atoms with Gasteiger partial charge in [0.25, 0.3) is 5.91 Å². The van der Waals surface area contributed by atoms with E-state index >= 15 is 0 Å². The Labute approximate surface area is 156 Å². The summed E-state index contributed by atoms with van der Waals surface area (Å²) in [5.41, 5.74) is 5.01. The van der Waals surface area contributed by atoms with Crippen LogP contribution in [0.5, 0.6) is 11.5 Å². The summed E-state index contributed by atoms with van der Waals surface area (Å²) < 4.78 is 16.0. The highest BCUT2D eigenvalue weighted by atomic mass is 35.5. The van der Waals surface area contributed by atoms with Crippen LogP contribution in [0.2, 0.25) is 5.02 Å². The number of urea groups is 1. The molecule has 0 unspecified atom stereocenters. The number of amides is 3. The number of carbonyl (C=O) groups is 3. The molecule has 144 valence electrons. The number of nitrogens with one attached hydrogen (secondary N) is 1. The van der Waals surface area contributed by atoms with E-state index in [1.165, 1.54) is 19.2 Å². The van der Waals surface area contributed by atoms with Crippen molar-refractivity contribution < 1.29 is 28.6 Å². The van der Waals surface area contributed by atoms with E-state index in [4.69, 9.17) is 31.5 Å². The molecule has 26 heavy (non-hydrogen) atoms. The van der Waals surface area contributed by atoms with Crippen molar-refractivity contribution in [2.45, 2.75) is 33.3 Å². The molecule has 0 fully saturated rings.